The largest absolute Gasteiger partial charge is 0.394 e. The van der Waals surface area contributed by atoms with Gasteiger partial charge in [0.25, 0.3) is 0 Å². The molecule has 1 amide bonds. The number of unbranched alkanes of at least 4 members (excludes halogenated alkanes) is 19. The first-order valence-corrected chi connectivity index (χ1v) is 28.7. The zero-order chi connectivity index (χ0) is 50.6. The standard InChI is InChI=1S/C66H107NO3/c1-3-5-7-9-11-13-15-17-19-21-22-23-24-25-26-27-28-29-30-31-32-33-34-35-36-37-38-39-40-41-42-43-44-46-48-50-52-54-56-58-60-62-66(70)67-64(63-68)65(69)61-59-57-55-53-51-49-47-45-20-18-16-14-12-10-8-6-4-2/h5,7,11,13,17,19-20,22-23,25-26,28-29,31-32,34-35,37-38,40-41,45,51,53,59,61,64-65,68-69H,3-4,6,8-10,12,14-16,18,21,24,27,30,33,36,39,42-44,46-50,52,54-58,60,62-63H2,1-2H3,(H,67,70)/b7-5-,13-11-,19-17-,23-22-,26-25-,29-28-,32-31-,35-34-,38-37-,41-40-,45-20+,53-51+,61-59+. The maximum absolute atomic E-state index is 12.5. The van der Waals surface area contributed by atoms with Crippen LogP contribution in [0.5, 0.6) is 0 Å². The Labute approximate surface area is 433 Å². The molecule has 2 unspecified atom stereocenters. The van der Waals surface area contributed by atoms with Crippen molar-refractivity contribution in [2.45, 2.75) is 244 Å². The Kier molecular flexibility index (Phi) is 55.9. The van der Waals surface area contributed by atoms with E-state index in [1.54, 1.807) is 6.08 Å². The number of amides is 1. The lowest BCUT2D eigenvalue weighted by atomic mass is 10.0. The SMILES string of the molecule is CC/C=C\C/C=C\C/C=C\C/C=C\C/C=C\C/C=C\C/C=C\C/C=C\C/C=C\C/C=C\CCCCCCCCCCCCC(=O)NC(CO)C(O)/C=C/CC/C=C/CC/C=C/CCCCCCCCC. The Bertz CT molecular complexity index is 1510. The highest BCUT2D eigenvalue weighted by molar-refractivity contribution is 5.76. The molecule has 0 aromatic rings. The third kappa shape index (κ3) is 54.9. The van der Waals surface area contributed by atoms with Crippen molar-refractivity contribution in [1.82, 2.24) is 5.32 Å². The van der Waals surface area contributed by atoms with Crippen LogP contribution < -0.4 is 5.32 Å². The summed E-state index contributed by atoms with van der Waals surface area (Å²) < 4.78 is 0. The monoisotopic (exact) mass is 962 g/mol. The highest BCUT2D eigenvalue weighted by atomic mass is 16.3. The minimum atomic E-state index is -0.882. The average molecular weight is 963 g/mol. The van der Waals surface area contributed by atoms with E-state index in [0.717, 1.165) is 109 Å². The Morgan fingerprint density at radius 1 is 0.357 bits per heavy atom. The first-order chi connectivity index (χ1) is 34.7. The van der Waals surface area contributed by atoms with Gasteiger partial charge >= 0.3 is 0 Å². The molecule has 0 aliphatic carbocycles. The molecule has 0 rings (SSSR count). The molecule has 0 fully saturated rings. The van der Waals surface area contributed by atoms with Crippen molar-refractivity contribution in [1.29, 1.82) is 0 Å². The number of aliphatic hydroxyl groups is 2. The normalized spacial score (nSPS) is 14.1. The van der Waals surface area contributed by atoms with Gasteiger partial charge in [-0.2, -0.15) is 0 Å². The number of carbonyl (C=O) groups excluding carboxylic acids is 1. The maximum atomic E-state index is 12.5. The lowest BCUT2D eigenvalue weighted by molar-refractivity contribution is -0.123. The number of hydrogen-bond donors (Lipinski definition) is 3. The van der Waals surface area contributed by atoms with Gasteiger partial charge in [0.15, 0.2) is 0 Å². The Morgan fingerprint density at radius 3 is 1.00 bits per heavy atom. The maximum Gasteiger partial charge on any atom is 0.220 e. The van der Waals surface area contributed by atoms with Crippen LogP contribution in [0.1, 0.15) is 232 Å². The quantitative estimate of drug-likeness (QED) is 0.0420. The van der Waals surface area contributed by atoms with Gasteiger partial charge in [-0.15, -0.1) is 0 Å². The van der Waals surface area contributed by atoms with Crippen molar-refractivity contribution in [2.24, 2.45) is 0 Å². The molecular weight excluding hydrogens is 855 g/mol. The van der Waals surface area contributed by atoms with Gasteiger partial charge in [-0.25, -0.2) is 0 Å². The van der Waals surface area contributed by atoms with Crippen LogP contribution in [0.2, 0.25) is 0 Å². The Morgan fingerprint density at radius 2 is 0.643 bits per heavy atom. The van der Waals surface area contributed by atoms with Gasteiger partial charge in [0.1, 0.15) is 0 Å². The molecular formula is C66H107NO3. The van der Waals surface area contributed by atoms with Crippen LogP contribution in [0, 0.1) is 0 Å². The molecule has 4 nitrogen and oxygen atoms in total. The van der Waals surface area contributed by atoms with E-state index in [-0.39, 0.29) is 12.5 Å². The molecule has 0 saturated heterocycles. The molecule has 0 aromatic heterocycles. The summed E-state index contributed by atoms with van der Waals surface area (Å²) in [4.78, 5) is 12.5. The van der Waals surface area contributed by atoms with Crippen molar-refractivity contribution in [3.05, 3.63) is 158 Å². The molecule has 0 radical (unpaired) electrons. The topological polar surface area (TPSA) is 69.6 Å². The Hall–Kier alpha value is -3.99. The molecule has 0 spiro atoms. The van der Waals surface area contributed by atoms with Crippen molar-refractivity contribution < 1.29 is 15.0 Å². The smallest absolute Gasteiger partial charge is 0.220 e. The van der Waals surface area contributed by atoms with Crippen molar-refractivity contribution >= 4 is 5.91 Å². The molecule has 0 aliphatic heterocycles. The van der Waals surface area contributed by atoms with Gasteiger partial charge in [0.2, 0.25) is 5.91 Å². The summed E-state index contributed by atoms with van der Waals surface area (Å²) >= 11 is 0. The van der Waals surface area contributed by atoms with Crippen LogP contribution in [0.15, 0.2) is 158 Å². The zero-order valence-corrected chi connectivity index (χ0v) is 45.2. The average Bonchev–Trinajstić information content (AvgIpc) is 3.36. The summed E-state index contributed by atoms with van der Waals surface area (Å²) in [5.74, 6) is -0.0894. The third-order valence-electron chi connectivity index (χ3n) is 12.0. The van der Waals surface area contributed by atoms with Crippen LogP contribution >= 0.6 is 0 Å². The molecule has 0 bridgehead atoms. The second-order valence-electron chi connectivity index (χ2n) is 18.6. The summed E-state index contributed by atoms with van der Waals surface area (Å²) in [5, 5.41) is 23.1. The van der Waals surface area contributed by atoms with Crippen LogP contribution in [0.3, 0.4) is 0 Å². The van der Waals surface area contributed by atoms with Gasteiger partial charge in [0.05, 0.1) is 18.8 Å². The van der Waals surface area contributed by atoms with E-state index in [4.69, 9.17) is 0 Å². The summed E-state index contributed by atoms with van der Waals surface area (Å²) in [5.41, 5.74) is 0. The second kappa shape index (κ2) is 59.3. The fourth-order valence-electron chi connectivity index (χ4n) is 7.65. The molecule has 4 heteroatoms. The minimum Gasteiger partial charge on any atom is -0.394 e. The van der Waals surface area contributed by atoms with E-state index in [2.05, 4.69) is 165 Å². The van der Waals surface area contributed by atoms with Gasteiger partial charge in [-0.3, -0.25) is 4.79 Å². The summed E-state index contributed by atoms with van der Waals surface area (Å²) in [7, 11) is 0. The first-order valence-electron chi connectivity index (χ1n) is 28.7. The number of nitrogens with one attached hydrogen (secondary N) is 1. The van der Waals surface area contributed by atoms with E-state index >= 15 is 0 Å². The number of hydrogen-bond acceptors (Lipinski definition) is 3. The number of rotatable bonds is 50. The summed E-state index contributed by atoms with van der Waals surface area (Å²) in [6.45, 7) is 4.16. The lowest BCUT2D eigenvalue weighted by Gasteiger charge is -2.19. The number of aliphatic hydroxyl groups excluding tert-OH is 2. The molecule has 394 valence electrons. The minimum absolute atomic E-state index is 0.0894. The molecule has 0 aliphatic rings. The zero-order valence-electron chi connectivity index (χ0n) is 45.2. The van der Waals surface area contributed by atoms with Gasteiger partial charge < -0.3 is 15.5 Å². The van der Waals surface area contributed by atoms with Crippen LogP contribution in [0.25, 0.3) is 0 Å². The van der Waals surface area contributed by atoms with E-state index < -0.39 is 12.1 Å². The molecule has 2 atom stereocenters. The Balaban J connectivity index is 3.66. The van der Waals surface area contributed by atoms with Gasteiger partial charge in [-0.1, -0.05) is 262 Å². The fourth-order valence-corrected chi connectivity index (χ4v) is 7.65. The van der Waals surface area contributed by atoms with Crippen LogP contribution in [0.4, 0.5) is 0 Å². The summed E-state index contributed by atoms with van der Waals surface area (Å²) in [6.07, 6.45) is 95.4. The van der Waals surface area contributed by atoms with E-state index in [1.807, 2.05) is 6.08 Å². The van der Waals surface area contributed by atoms with Gasteiger partial charge in [-0.05, 0) is 122 Å². The first kappa shape index (κ1) is 66.0. The van der Waals surface area contributed by atoms with Crippen molar-refractivity contribution in [2.75, 3.05) is 6.61 Å². The van der Waals surface area contributed by atoms with Crippen LogP contribution in [-0.2, 0) is 4.79 Å². The van der Waals surface area contributed by atoms with Crippen molar-refractivity contribution in [3.8, 4) is 0 Å². The second-order valence-corrected chi connectivity index (χ2v) is 18.6. The lowest BCUT2D eigenvalue weighted by Crippen LogP contribution is -2.45. The molecule has 70 heavy (non-hydrogen) atoms. The predicted octanol–water partition coefficient (Wildman–Crippen LogP) is 19.4. The fraction of sp³-hybridized carbons (Fsp3) is 0.591. The van der Waals surface area contributed by atoms with E-state index in [1.165, 1.54) is 103 Å². The van der Waals surface area contributed by atoms with E-state index in [0.29, 0.717) is 6.42 Å². The number of carbonyl (C=O) groups is 1. The summed E-state index contributed by atoms with van der Waals surface area (Å²) in [6, 6.07) is -0.659. The third-order valence-corrected chi connectivity index (χ3v) is 12.0. The van der Waals surface area contributed by atoms with Crippen molar-refractivity contribution in [3.63, 3.8) is 0 Å². The molecule has 0 heterocycles. The molecule has 0 aromatic carbocycles. The van der Waals surface area contributed by atoms with Gasteiger partial charge in [0, 0.05) is 6.42 Å². The highest BCUT2D eigenvalue weighted by Gasteiger charge is 2.17. The van der Waals surface area contributed by atoms with E-state index in [9.17, 15) is 15.0 Å². The highest BCUT2D eigenvalue weighted by Crippen LogP contribution is 2.13. The van der Waals surface area contributed by atoms with Crippen LogP contribution in [-0.4, -0.2) is 34.9 Å². The molecule has 3 N–H and O–H groups in total. The predicted molar refractivity (Wildman–Crippen MR) is 312 cm³/mol. The number of allylic oxidation sites excluding steroid dienone is 25. The molecule has 0 saturated carbocycles.